The smallest absolute Gasteiger partial charge is 0.336 e. The van der Waals surface area contributed by atoms with Crippen LogP contribution in [0.4, 0.5) is 0 Å². The number of esters is 2. The molecule has 0 N–H and O–H groups in total. The monoisotopic (exact) mass is 415 g/mol. The third-order valence-corrected chi connectivity index (χ3v) is 5.10. The van der Waals surface area contributed by atoms with E-state index in [1.165, 1.54) is 14.2 Å². The Kier molecular flexibility index (Phi) is 7.15. The quantitative estimate of drug-likeness (QED) is 0.633. The molecule has 2 aliphatic rings. The molecule has 7 heteroatoms. The van der Waals surface area contributed by atoms with Gasteiger partial charge in [-0.2, -0.15) is 0 Å². The highest BCUT2D eigenvalue weighted by Crippen LogP contribution is 2.38. The molecule has 1 aromatic rings. The highest BCUT2D eigenvalue weighted by Gasteiger charge is 2.35. The normalized spacial score (nSPS) is 19.4. The third-order valence-electron chi connectivity index (χ3n) is 5.10. The van der Waals surface area contributed by atoms with Gasteiger partial charge in [0.1, 0.15) is 5.75 Å². The van der Waals surface area contributed by atoms with Crippen molar-refractivity contribution < 1.29 is 28.5 Å². The molecule has 0 bridgehead atoms. The topological polar surface area (TPSA) is 74.3 Å². The zero-order chi connectivity index (χ0) is 21.7. The van der Waals surface area contributed by atoms with Crippen molar-refractivity contribution >= 4 is 11.9 Å². The number of ether oxygens (including phenoxy) is 4. The summed E-state index contributed by atoms with van der Waals surface area (Å²) in [5.74, 6) is -0.862. The van der Waals surface area contributed by atoms with E-state index in [0.29, 0.717) is 17.7 Å². The summed E-state index contributed by atoms with van der Waals surface area (Å²) in [6.07, 6.45) is 5.53. The van der Waals surface area contributed by atoms with Crippen molar-refractivity contribution in [2.24, 2.45) is 0 Å². The molecule has 1 saturated heterocycles. The Bertz CT molecular complexity index is 787. The van der Waals surface area contributed by atoms with Crippen LogP contribution in [0.25, 0.3) is 0 Å². The van der Waals surface area contributed by atoms with Crippen LogP contribution in [0.3, 0.4) is 0 Å². The molecule has 1 atom stereocenters. The van der Waals surface area contributed by atoms with E-state index < -0.39 is 17.9 Å². The number of carbonyl (C=O) groups excluding carboxylic acids is 2. The Balaban J connectivity index is 1.97. The number of rotatable bonds is 7. The second kappa shape index (κ2) is 9.80. The lowest BCUT2D eigenvalue weighted by Crippen LogP contribution is -2.32. The minimum atomic E-state index is -0.598. The molecular weight excluding hydrogens is 386 g/mol. The van der Waals surface area contributed by atoms with E-state index in [9.17, 15) is 9.59 Å². The van der Waals surface area contributed by atoms with Gasteiger partial charge in [0.2, 0.25) is 0 Å². The van der Waals surface area contributed by atoms with Crippen LogP contribution in [0.5, 0.6) is 5.75 Å². The first-order chi connectivity index (χ1) is 14.4. The summed E-state index contributed by atoms with van der Waals surface area (Å²) >= 11 is 0. The van der Waals surface area contributed by atoms with E-state index in [4.69, 9.17) is 18.9 Å². The van der Waals surface area contributed by atoms with Gasteiger partial charge in [-0.3, -0.25) is 0 Å². The standard InChI is InChI=1S/C23H29NO6/c1-15(2)30-17-9-7-16(8-10-17)21-19(22(25)27-3)13-24(12-18-6-5-11-29-18)14-20(21)23(26)28-4/h7-10,13-15,18,21H,5-6,11-12H2,1-4H3/t18-/m0/s1. The fraction of sp³-hybridized carbons (Fsp3) is 0.478. The summed E-state index contributed by atoms with van der Waals surface area (Å²) in [5.41, 5.74) is 1.52. The van der Waals surface area contributed by atoms with E-state index >= 15 is 0 Å². The molecular formula is C23H29NO6. The predicted molar refractivity (Wildman–Crippen MR) is 111 cm³/mol. The summed E-state index contributed by atoms with van der Waals surface area (Å²) in [6, 6.07) is 7.37. The molecule has 1 fully saturated rings. The fourth-order valence-corrected chi connectivity index (χ4v) is 3.79. The number of carbonyl (C=O) groups is 2. The van der Waals surface area contributed by atoms with Crippen LogP contribution < -0.4 is 4.74 Å². The van der Waals surface area contributed by atoms with Gasteiger partial charge in [0.25, 0.3) is 0 Å². The molecule has 0 radical (unpaired) electrons. The Labute approximate surface area is 177 Å². The van der Waals surface area contributed by atoms with E-state index in [-0.39, 0.29) is 12.2 Å². The predicted octanol–water partition coefficient (Wildman–Crippen LogP) is 3.17. The number of hydrogen-bond acceptors (Lipinski definition) is 7. The molecule has 7 nitrogen and oxygen atoms in total. The summed E-state index contributed by atoms with van der Waals surface area (Å²) in [4.78, 5) is 27.1. The van der Waals surface area contributed by atoms with E-state index in [0.717, 1.165) is 30.8 Å². The largest absolute Gasteiger partial charge is 0.491 e. The first kappa shape index (κ1) is 21.9. The van der Waals surface area contributed by atoms with Gasteiger partial charge in [-0.05, 0) is 44.4 Å². The van der Waals surface area contributed by atoms with Gasteiger partial charge in [-0.15, -0.1) is 0 Å². The van der Waals surface area contributed by atoms with Crippen LogP contribution in [-0.4, -0.2) is 56.4 Å². The van der Waals surface area contributed by atoms with Crippen LogP contribution in [0, 0.1) is 0 Å². The van der Waals surface area contributed by atoms with Gasteiger partial charge in [0.15, 0.2) is 0 Å². The van der Waals surface area contributed by atoms with Crippen molar-refractivity contribution in [3.05, 3.63) is 53.4 Å². The Morgan fingerprint density at radius 2 is 1.67 bits per heavy atom. The first-order valence-corrected chi connectivity index (χ1v) is 10.2. The van der Waals surface area contributed by atoms with Gasteiger partial charge in [0, 0.05) is 25.6 Å². The number of hydrogen-bond donors (Lipinski definition) is 0. The maximum absolute atomic E-state index is 12.6. The molecule has 30 heavy (non-hydrogen) atoms. The van der Waals surface area contributed by atoms with Gasteiger partial charge in [0.05, 0.1) is 43.5 Å². The van der Waals surface area contributed by atoms with Crippen LogP contribution in [-0.2, 0) is 23.8 Å². The lowest BCUT2D eigenvalue weighted by atomic mass is 9.83. The highest BCUT2D eigenvalue weighted by molar-refractivity contribution is 5.98. The molecule has 162 valence electrons. The van der Waals surface area contributed by atoms with Crippen LogP contribution >= 0.6 is 0 Å². The summed E-state index contributed by atoms with van der Waals surface area (Å²) in [6.45, 7) is 5.18. The van der Waals surface area contributed by atoms with Crippen LogP contribution in [0.15, 0.2) is 47.8 Å². The Morgan fingerprint density at radius 3 is 2.13 bits per heavy atom. The minimum absolute atomic E-state index is 0.0490. The minimum Gasteiger partial charge on any atom is -0.491 e. The van der Waals surface area contributed by atoms with Gasteiger partial charge in [-0.1, -0.05) is 12.1 Å². The van der Waals surface area contributed by atoms with Crippen molar-refractivity contribution in [1.29, 1.82) is 0 Å². The molecule has 0 spiro atoms. The van der Waals surface area contributed by atoms with Crippen molar-refractivity contribution in [3.8, 4) is 5.75 Å². The summed E-state index contributed by atoms with van der Waals surface area (Å²) < 4.78 is 21.5. The summed E-state index contributed by atoms with van der Waals surface area (Å²) in [7, 11) is 2.67. The zero-order valence-corrected chi connectivity index (χ0v) is 17.9. The average molecular weight is 415 g/mol. The van der Waals surface area contributed by atoms with Gasteiger partial charge >= 0.3 is 11.9 Å². The second-order valence-corrected chi connectivity index (χ2v) is 7.65. The van der Waals surface area contributed by atoms with Crippen LogP contribution in [0.1, 0.15) is 38.2 Å². The number of methoxy groups -OCH3 is 2. The van der Waals surface area contributed by atoms with Crippen molar-refractivity contribution in [3.63, 3.8) is 0 Å². The SMILES string of the molecule is COC(=O)C1=CN(C[C@@H]2CCCO2)C=C(C(=O)OC)C1c1ccc(OC(C)C)cc1. The Hall–Kier alpha value is -2.80. The molecule has 3 rings (SSSR count). The molecule has 2 aliphatic heterocycles. The van der Waals surface area contributed by atoms with E-state index in [1.807, 2.05) is 43.0 Å². The zero-order valence-electron chi connectivity index (χ0n) is 17.9. The number of nitrogens with zero attached hydrogens (tertiary/aromatic N) is 1. The second-order valence-electron chi connectivity index (χ2n) is 7.65. The number of benzene rings is 1. The average Bonchev–Trinajstić information content (AvgIpc) is 3.25. The first-order valence-electron chi connectivity index (χ1n) is 10.2. The molecule has 1 aromatic carbocycles. The molecule has 0 amide bonds. The van der Waals surface area contributed by atoms with Gasteiger partial charge in [-0.25, -0.2) is 9.59 Å². The molecule has 0 unspecified atom stereocenters. The lowest BCUT2D eigenvalue weighted by molar-refractivity contribution is -0.137. The summed E-state index contributed by atoms with van der Waals surface area (Å²) in [5, 5.41) is 0. The van der Waals surface area contributed by atoms with Crippen LogP contribution in [0.2, 0.25) is 0 Å². The molecule has 0 saturated carbocycles. The fourth-order valence-electron chi connectivity index (χ4n) is 3.79. The van der Waals surface area contributed by atoms with E-state index in [1.54, 1.807) is 12.4 Å². The molecule has 0 aliphatic carbocycles. The lowest BCUT2D eigenvalue weighted by Gasteiger charge is -2.31. The van der Waals surface area contributed by atoms with Gasteiger partial charge < -0.3 is 23.8 Å². The molecule has 2 heterocycles. The van der Waals surface area contributed by atoms with Crippen molar-refractivity contribution in [2.45, 2.75) is 44.8 Å². The van der Waals surface area contributed by atoms with E-state index in [2.05, 4.69) is 0 Å². The Morgan fingerprint density at radius 1 is 1.07 bits per heavy atom. The highest BCUT2D eigenvalue weighted by atomic mass is 16.5. The van der Waals surface area contributed by atoms with Crippen molar-refractivity contribution in [2.75, 3.05) is 27.4 Å². The third kappa shape index (κ3) is 5.02. The van der Waals surface area contributed by atoms with Crippen molar-refractivity contribution in [1.82, 2.24) is 4.90 Å². The maximum atomic E-state index is 12.6. The maximum Gasteiger partial charge on any atom is 0.336 e. The molecule has 0 aromatic heterocycles.